The Morgan fingerprint density at radius 2 is 1.86 bits per heavy atom. The first kappa shape index (κ1) is 21.8. The largest absolute Gasteiger partial charge is 0.486 e. The smallest absolute Gasteiger partial charge is 0.309 e. The molecule has 1 unspecified atom stereocenters. The van der Waals surface area contributed by atoms with Gasteiger partial charge in [0.15, 0.2) is 0 Å². The van der Waals surface area contributed by atoms with Gasteiger partial charge in [0.05, 0.1) is 18.0 Å². The average molecular weight is 468 g/mol. The predicted molar refractivity (Wildman–Crippen MR) is 133 cm³/mol. The fourth-order valence-corrected chi connectivity index (χ4v) is 5.41. The number of pyridine rings is 1. The lowest BCUT2D eigenvalue weighted by molar-refractivity contribution is -0.144. The second kappa shape index (κ2) is 8.81. The van der Waals surface area contributed by atoms with Crippen molar-refractivity contribution in [3.05, 3.63) is 95.4 Å². The molecule has 0 radical (unpaired) electrons. The van der Waals surface area contributed by atoms with Gasteiger partial charge in [-0.1, -0.05) is 36.4 Å². The van der Waals surface area contributed by atoms with Crippen LogP contribution >= 0.6 is 0 Å². The Hall–Kier alpha value is -3.73. The highest BCUT2D eigenvalue weighted by Gasteiger charge is 2.45. The third-order valence-corrected chi connectivity index (χ3v) is 7.19. The number of fused-ring (bicyclic) bond motifs is 2. The van der Waals surface area contributed by atoms with E-state index in [4.69, 9.17) is 9.47 Å². The minimum atomic E-state index is -0.336. The minimum absolute atomic E-state index is 0.0415. The van der Waals surface area contributed by atoms with Crippen molar-refractivity contribution in [1.82, 2.24) is 4.98 Å². The Bertz CT molecular complexity index is 1410. The van der Waals surface area contributed by atoms with E-state index in [1.807, 2.05) is 67.7 Å². The zero-order valence-corrected chi connectivity index (χ0v) is 19.5. The number of ether oxygens (including phenoxy) is 2. The molecule has 2 aliphatic carbocycles. The van der Waals surface area contributed by atoms with Gasteiger partial charge in [-0.15, -0.1) is 0 Å². The molecule has 176 valence electrons. The maximum Gasteiger partial charge on any atom is 0.309 e. The van der Waals surface area contributed by atoms with E-state index in [0.717, 1.165) is 52.4 Å². The number of carbonyl (C=O) groups excluding carboxylic acids is 1. The van der Waals surface area contributed by atoms with Crippen LogP contribution in [-0.4, -0.2) is 17.6 Å². The summed E-state index contributed by atoms with van der Waals surface area (Å²) < 4.78 is 26.5. The fraction of sp³-hybridized carbons (Fsp3) is 0.267. The van der Waals surface area contributed by atoms with Crippen molar-refractivity contribution in [3.8, 4) is 16.9 Å². The molecule has 6 rings (SSSR count). The summed E-state index contributed by atoms with van der Waals surface area (Å²) >= 11 is 0. The first-order valence-electron chi connectivity index (χ1n) is 12.2. The molecule has 1 heterocycles. The van der Waals surface area contributed by atoms with Crippen molar-refractivity contribution in [1.29, 1.82) is 0 Å². The number of hydrogen-bond donors (Lipinski definition) is 0. The van der Waals surface area contributed by atoms with Gasteiger partial charge in [0.2, 0.25) is 0 Å². The van der Waals surface area contributed by atoms with E-state index < -0.39 is 0 Å². The zero-order valence-electron chi connectivity index (χ0n) is 19.5. The summed E-state index contributed by atoms with van der Waals surface area (Å²) in [7, 11) is 0. The number of para-hydroxylation sites is 1. The molecule has 3 atom stereocenters. The highest BCUT2D eigenvalue weighted by atomic mass is 19.1. The molecule has 5 heteroatoms. The van der Waals surface area contributed by atoms with Gasteiger partial charge in [-0.2, -0.15) is 0 Å². The van der Waals surface area contributed by atoms with Crippen LogP contribution in [-0.2, 0) is 16.0 Å². The molecule has 0 spiro atoms. The SMILES string of the molecule is CCOC(=O)[C@H]1CC1c1ccc(O[C@@H]2CCc3c(-c4ccnc5ccccc45)ccc(F)c32)cc1. The normalized spacial score (nSPS) is 20.5. The molecule has 4 aromatic rings. The zero-order chi connectivity index (χ0) is 23.9. The van der Waals surface area contributed by atoms with Crippen LogP contribution in [0.2, 0.25) is 0 Å². The van der Waals surface area contributed by atoms with E-state index in [9.17, 15) is 4.79 Å². The van der Waals surface area contributed by atoms with Gasteiger partial charge < -0.3 is 9.47 Å². The highest BCUT2D eigenvalue weighted by Crippen LogP contribution is 2.49. The van der Waals surface area contributed by atoms with Crippen molar-refractivity contribution in [2.24, 2.45) is 5.92 Å². The molecule has 0 saturated heterocycles. The first-order valence-corrected chi connectivity index (χ1v) is 12.2. The van der Waals surface area contributed by atoms with Crippen molar-refractivity contribution >= 4 is 16.9 Å². The second-order valence-electron chi connectivity index (χ2n) is 9.28. The number of hydrogen-bond acceptors (Lipinski definition) is 4. The molecule has 4 nitrogen and oxygen atoms in total. The van der Waals surface area contributed by atoms with Gasteiger partial charge in [0.1, 0.15) is 17.7 Å². The Morgan fingerprint density at radius 1 is 1.03 bits per heavy atom. The fourth-order valence-electron chi connectivity index (χ4n) is 5.41. The summed E-state index contributed by atoms with van der Waals surface area (Å²) in [6.07, 6.45) is 3.78. The summed E-state index contributed by atoms with van der Waals surface area (Å²) in [5, 5.41) is 1.06. The molecule has 1 saturated carbocycles. The van der Waals surface area contributed by atoms with Crippen LogP contribution in [0.5, 0.6) is 5.75 Å². The molecule has 0 N–H and O–H groups in total. The Labute approximate surface area is 203 Å². The first-order chi connectivity index (χ1) is 17.1. The molecule has 2 aliphatic rings. The van der Waals surface area contributed by atoms with Crippen LogP contribution in [0, 0.1) is 11.7 Å². The van der Waals surface area contributed by atoms with E-state index in [2.05, 4.69) is 11.1 Å². The Kier molecular flexibility index (Phi) is 5.48. The maximum atomic E-state index is 15.1. The summed E-state index contributed by atoms with van der Waals surface area (Å²) in [6, 6.07) is 21.3. The average Bonchev–Trinajstić information content (AvgIpc) is 3.58. The van der Waals surface area contributed by atoms with Crippen molar-refractivity contribution in [2.75, 3.05) is 6.61 Å². The van der Waals surface area contributed by atoms with E-state index in [-0.39, 0.29) is 29.7 Å². The topological polar surface area (TPSA) is 48.4 Å². The number of halogens is 1. The van der Waals surface area contributed by atoms with Crippen LogP contribution in [0.15, 0.2) is 72.9 Å². The van der Waals surface area contributed by atoms with Crippen LogP contribution in [0.1, 0.15) is 48.5 Å². The summed E-state index contributed by atoms with van der Waals surface area (Å²) in [5.74, 6) is 0.537. The Morgan fingerprint density at radius 3 is 2.69 bits per heavy atom. The van der Waals surface area contributed by atoms with Gasteiger partial charge in [0.25, 0.3) is 0 Å². The molecule has 3 aromatic carbocycles. The lowest BCUT2D eigenvalue weighted by atomic mass is 9.94. The van der Waals surface area contributed by atoms with E-state index in [0.29, 0.717) is 17.9 Å². The summed E-state index contributed by atoms with van der Waals surface area (Å²) in [6.45, 7) is 2.24. The van der Waals surface area contributed by atoms with Crippen molar-refractivity contribution < 1.29 is 18.7 Å². The third kappa shape index (κ3) is 3.95. The van der Waals surface area contributed by atoms with Gasteiger partial charge in [0, 0.05) is 17.1 Å². The van der Waals surface area contributed by atoms with Crippen LogP contribution in [0.3, 0.4) is 0 Å². The maximum absolute atomic E-state index is 15.1. The predicted octanol–water partition coefficient (Wildman–Crippen LogP) is 6.77. The quantitative estimate of drug-likeness (QED) is 0.294. The van der Waals surface area contributed by atoms with Gasteiger partial charge >= 0.3 is 5.97 Å². The third-order valence-electron chi connectivity index (χ3n) is 7.19. The van der Waals surface area contributed by atoms with Crippen LogP contribution < -0.4 is 4.74 Å². The van der Waals surface area contributed by atoms with E-state index in [1.165, 1.54) is 0 Å². The highest BCUT2D eigenvalue weighted by molar-refractivity contribution is 5.95. The van der Waals surface area contributed by atoms with Gasteiger partial charge in [-0.05, 0) is 84.7 Å². The second-order valence-corrected chi connectivity index (χ2v) is 9.28. The number of esters is 1. The molecule has 1 aromatic heterocycles. The molecular weight excluding hydrogens is 441 g/mol. The summed E-state index contributed by atoms with van der Waals surface area (Å²) in [5.41, 5.74) is 5.81. The number of nitrogens with zero attached hydrogens (tertiary/aromatic N) is 1. The minimum Gasteiger partial charge on any atom is -0.486 e. The number of carbonyl (C=O) groups is 1. The van der Waals surface area contributed by atoms with Crippen molar-refractivity contribution in [2.45, 2.75) is 38.2 Å². The number of rotatable bonds is 6. The molecule has 0 amide bonds. The molecular formula is C30H26FNO3. The molecule has 1 fully saturated rings. The lowest BCUT2D eigenvalue weighted by Crippen LogP contribution is -2.07. The molecule has 0 aliphatic heterocycles. The van der Waals surface area contributed by atoms with Gasteiger partial charge in [-0.25, -0.2) is 4.39 Å². The van der Waals surface area contributed by atoms with Crippen molar-refractivity contribution in [3.63, 3.8) is 0 Å². The monoisotopic (exact) mass is 467 g/mol. The van der Waals surface area contributed by atoms with Crippen LogP contribution in [0.25, 0.3) is 22.0 Å². The standard InChI is InChI=1S/C30H26FNO3/c1-2-34-30(33)25-17-24(25)18-7-9-19(10-8-18)35-28-14-12-23-20(11-13-26(31)29(23)28)21-15-16-32-27-6-4-3-5-22(21)27/h3-11,13,15-16,24-25,28H,2,12,14,17H2,1H3/t24?,25-,28+/m0/s1. The van der Waals surface area contributed by atoms with Crippen LogP contribution in [0.4, 0.5) is 4.39 Å². The van der Waals surface area contributed by atoms with Gasteiger partial charge in [-0.3, -0.25) is 9.78 Å². The van der Waals surface area contributed by atoms with E-state index >= 15 is 4.39 Å². The number of aromatic nitrogens is 1. The lowest BCUT2D eigenvalue weighted by Gasteiger charge is -2.17. The molecule has 0 bridgehead atoms. The number of benzene rings is 3. The van der Waals surface area contributed by atoms with E-state index in [1.54, 1.807) is 6.07 Å². The summed E-state index contributed by atoms with van der Waals surface area (Å²) in [4.78, 5) is 16.4. The Balaban J connectivity index is 1.25. The molecule has 35 heavy (non-hydrogen) atoms.